The predicted molar refractivity (Wildman–Crippen MR) is 102 cm³/mol. The van der Waals surface area contributed by atoms with Gasteiger partial charge in [-0.15, -0.1) is 0 Å². The average Bonchev–Trinajstić information content (AvgIpc) is 2.56. The van der Waals surface area contributed by atoms with Crippen molar-refractivity contribution < 1.29 is 14.2 Å². The maximum absolute atomic E-state index is 13.7. The molecule has 0 aromatic carbocycles. The van der Waals surface area contributed by atoms with Crippen LogP contribution in [0.5, 0.6) is 0 Å². The van der Waals surface area contributed by atoms with Crippen molar-refractivity contribution in [3.8, 4) is 5.63 Å². The first kappa shape index (κ1) is 22.2. The van der Waals surface area contributed by atoms with Crippen LogP contribution >= 0.6 is 7.92 Å². The van der Waals surface area contributed by atoms with Gasteiger partial charge in [0, 0.05) is 0 Å². The van der Waals surface area contributed by atoms with E-state index in [0.717, 1.165) is 44.9 Å². The Balaban J connectivity index is 3.53. The van der Waals surface area contributed by atoms with Crippen molar-refractivity contribution in [3.63, 3.8) is 0 Å². The number of amides is 1. The number of rotatable bonds is 8. The molecule has 2 atom stereocenters. The fourth-order valence-electron chi connectivity index (χ4n) is 4.81. The molecule has 0 bridgehead atoms. The van der Waals surface area contributed by atoms with Gasteiger partial charge in [0.05, 0.1) is 0 Å². The van der Waals surface area contributed by atoms with Crippen LogP contribution < -0.4 is 0 Å². The minimum atomic E-state index is -1.16. The molecule has 0 aromatic rings. The fourth-order valence-corrected chi connectivity index (χ4v) is 5.08. The minimum absolute atomic E-state index is 0.0762. The third-order valence-corrected chi connectivity index (χ3v) is 6.42. The monoisotopic (exact) mass is 367 g/mol. The van der Waals surface area contributed by atoms with E-state index in [0.29, 0.717) is 13.0 Å². The van der Waals surface area contributed by atoms with Gasteiger partial charge in [-0.1, -0.05) is 0 Å². The summed E-state index contributed by atoms with van der Waals surface area (Å²) in [7, 11) is -0.439. The molecule has 1 saturated heterocycles. The molecule has 1 fully saturated rings. The van der Waals surface area contributed by atoms with Crippen LogP contribution in [-0.4, -0.2) is 29.2 Å². The third kappa shape index (κ3) is 4.29. The van der Waals surface area contributed by atoms with Gasteiger partial charge in [0.25, 0.3) is 0 Å². The van der Waals surface area contributed by atoms with Crippen LogP contribution in [0, 0.1) is 16.5 Å². The standard InChI is InChI=1S/C20H34NO3P/c1-6-12-19(5,13-7-2)20(8-3,17(22)15-25-24)18(23)21-14-10-9-11-16(21)4/h16H,6-14H2,1-5H3. The molecule has 1 rings (SSSR count). The van der Waals surface area contributed by atoms with E-state index in [1.807, 2.05) is 11.8 Å². The van der Waals surface area contributed by atoms with E-state index in [4.69, 9.17) is 0 Å². The molecular weight excluding hydrogens is 333 g/mol. The SMILES string of the molecule is CCCC(C)(CCC)C(CC)(C(=O)C#P=O)C(=O)N1CCCCC1C. The van der Waals surface area contributed by atoms with Gasteiger partial charge in [0.15, 0.2) is 0 Å². The molecule has 25 heavy (non-hydrogen) atoms. The Morgan fingerprint density at radius 3 is 2.20 bits per heavy atom. The number of hydrogen-bond acceptors (Lipinski definition) is 3. The van der Waals surface area contributed by atoms with Gasteiger partial charge < -0.3 is 0 Å². The molecule has 0 N–H and O–H groups in total. The molecule has 142 valence electrons. The van der Waals surface area contributed by atoms with Crippen molar-refractivity contribution in [2.75, 3.05) is 6.54 Å². The van der Waals surface area contributed by atoms with Crippen LogP contribution in [0.4, 0.5) is 0 Å². The Hall–Kier alpha value is -0.850. The summed E-state index contributed by atoms with van der Waals surface area (Å²) in [6, 6.07) is 0.150. The molecule has 0 aromatic heterocycles. The first-order chi connectivity index (χ1) is 11.8. The van der Waals surface area contributed by atoms with Crippen molar-refractivity contribution in [2.24, 2.45) is 10.8 Å². The van der Waals surface area contributed by atoms with E-state index < -0.39 is 18.7 Å². The summed E-state index contributed by atoms with van der Waals surface area (Å²) >= 11 is 0. The molecule has 0 aliphatic carbocycles. The van der Waals surface area contributed by atoms with E-state index in [2.05, 4.69) is 33.3 Å². The van der Waals surface area contributed by atoms with Crippen LogP contribution in [0.3, 0.4) is 0 Å². The summed E-state index contributed by atoms with van der Waals surface area (Å²) in [5, 5.41) is 0. The number of carbonyl (C=O) groups excluding carboxylic acids is 2. The van der Waals surface area contributed by atoms with E-state index >= 15 is 0 Å². The van der Waals surface area contributed by atoms with Crippen molar-refractivity contribution in [2.45, 2.75) is 92.0 Å². The average molecular weight is 367 g/mol. The van der Waals surface area contributed by atoms with Crippen molar-refractivity contribution >= 4 is 19.6 Å². The van der Waals surface area contributed by atoms with E-state index in [-0.39, 0.29) is 17.7 Å². The molecule has 1 heterocycles. The molecule has 1 aliphatic rings. The normalized spacial score (nSPS) is 20.5. The zero-order valence-corrected chi connectivity index (χ0v) is 17.5. The first-order valence-corrected chi connectivity index (χ1v) is 10.6. The molecule has 0 saturated carbocycles. The van der Waals surface area contributed by atoms with E-state index in [1.165, 1.54) is 0 Å². The third-order valence-electron chi connectivity index (χ3n) is 6.13. The molecule has 1 aliphatic heterocycles. The van der Waals surface area contributed by atoms with Gasteiger partial charge in [0.2, 0.25) is 0 Å². The summed E-state index contributed by atoms with van der Waals surface area (Å²) in [5.41, 5.74) is 0.810. The summed E-state index contributed by atoms with van der Waals surface area (Å²) in [5.74, 6) is -0.466. The number of likely N-dealkylation sites (tertiary alicyclic amines) is 1. The molecule has 2 unspecified atom stereocenters. The Kier molecular flexibility index (Phi) is 8.64. The first-order valence-electron chi connectivity index (χ1n) is 9.78. The van der Waals surface area contributed by atoms with Gasteiger partial charge in [-0.05, 0) is 0 Å². The Morgan fingerprint density at radius 1 is 1.16 bits per heavy atom. The topological polar surface area (TPSA) is 54.5 Å². The van der Waals surface area contributed by atoms with E-state index in [1.54, 1.807) is 0 Å². The fraction of sp³-hybridized carbons (Fsp3) is 0.850. The Bertz CT molecular complexity index is 577. The summed E-state index contributed by atoms with van der Waals surface area (Å²) in [6.07, 6.45) is 6.91. The van der Waals surface area contributed by atoms with Crippen LogP contribution in [0.2, 0.25) is 0 Å². The number of hydrogen-bond donors (Lipinski definition) is 0. The Morgan fingerprint density at radius 2 is 1.76 bits per heavy atom. The number of ketones is 1. The molecule has 0 spiro atoms. The predicted octanol–water partition coefficient (Wildman–Crippen LogP) is 5.21. The van der Waals surface area contributed by atoms with Crippen molar-refractivity contribution in [1.82, 2.24) is 4.90 Å². The van der Waals surface area contributed by atoms with Gasteiger partial charge in [-0.3, -0.25) is 0 Å². The zero-order chi connectivity index (χ0) is 19.1. The number of Topliss-reactive ketones (excluding diaryl/α,β-unsaturated/α-hetero) is 1. The van der Waals surface area contributed by atoms with Gasteiger partial charge >= 0.3 is 154 Å². The molecule has 5 heteroatoms. The summed E-state index contributed by atoms with van der Waals surface area (Å²) in [6.45, 7) is 10.9. The second kappa shape index (κ2) is 9.74. The van der Waals surface area contributed by atoms with E-state index in [9.17, 15) is 14.2 Å². The van der Waals surface area contributed by atoms with Crippen molar-refractivity contribution in [3.05, 3.63) is 0 Å². The van der Waals surface area contributed by atoms with Crippen LogP contribution in [0.15, 0.2) is 0 Å². The number of nitrogens with zero attached hydrogens (tertiary/aromatic N) is 1. The number of carbonyl (C=O) groups is 2. The Labute approximate surface area is 154 Å². The van der Waals surface area contributed by atoms with Crippen molar-refractivity contribution in [1.29, 1.82) is 0 Å². The van der Waals surface area contributed by atoms with Crippen LogP contribution in [-0.2, 0) is 14.2 Å². The van der Waals surface area contributed by atoms with Crippen LogP contribution in [0.1, 0.15) is 86.0 Å². The molecular formula is C20H34NO3P. The number of piperidine rings is 1. The summed E-state index contributed by atoms with van der Waals surface area (Å²) < 4.78 is 11.1. The zero-order valence-electron chi connectivity index (χ0n) is 16.6. The maximum atomic E-state index is 13.7. The molecule has 0 radical (unpaired) electrons. The second-order valence-corrected chi connectivity index (χ2v) is 8.10. The molecule has 4 nitrogen and oxygen atoms in total. The molecule has 1 amide bonds. The van der Waals surface area contributed by atoms with Gasteiger partial charge in [-0.25, -0.2) is 0 Å². The van der Waals surface area contributed by atoms with Gasteiger partial charge in [0.1, 0.15) is 0 Å². The van der Waals surface area contributed by atoms with Crippen LogP contribution in [0.25, 0.3) is 0 Å². The second-order valence-electron chi connectivity index (χ2n) is 7.70. The summed E-state index contributed by atoms with van der Waals surface area (Å²) in [4.78, 5) is 28.8. The quantitative estimate of drug-likeness (QED) is 0.437. The van der Waals surface area contributed by atoms with Gasteiger partial charge in [-0.2, -0.15) is 0 Å².